The van der Waals surface area contributed by atoms with Crippen LogP contribution in [0.5, 0.6) is 5.75 Å². The highest BCUT2D eigenvalue weighted by Crippen LogP contribution is 2.52. The van der Waals surface area contributed by atoms with Crippen LogP contribution in [0, 0.1) is 5.41 Å². The Hall–Kier alpha value is -3.53. The fourth-order valence-corrected chi connectivity index (χ4v) is 6.72. The molecule has 0 aromatic heterocycles. The number of alkyl carbamates (subject to hydrolysis) is 1. The number of nitrogens with one attached hydrogen (secondary N) is 2. The third-order valence-corrected chi connectivity index (χ3v) is 8.80. The van der Waals surface area contributed by atoms with Gasteiger partial charge in [-0.1, -0.05) is 35.9 Å². The number of hydrogen-bond acceptors (Lipinski definition) is 6. The third kappa shape index (κ3) is 6.53. The Bertz CT molecular complexity index is 1210. The molecule has 2 N–H and O–H groups in total. The van der Waals surface area contributed by atoms with Gasteiger partial charge in [0.1, 0.15) is 25.6 Å². The van der Waals surface area contributed by atoms with Crippen molar-refractivity contribution in [3.05, 3.63) is 47.1 Å². The summed E-state index contributed by atoms with van der Waals surface area (Å²) in [6.45, 7) is 3.92. The van der Waals surface area contributed by atoms with Gasteiger partial charge in [-0.05, 0) is 56.6 Å². The molecule has 10 heteroatoms. The van der Waals surface area contributed by atoms with Crippen molar-refractivity contribution < 1.29 is 28.6 Å². The van der Waals surface area contributed by atoms with Crippen molar-refractivity contribution in [1.29, 1.82) is 0 Å². The van der Waals surface area contributed by atoms with Gasteiger partial charge in [0, 0.05) is 37.2 Å². The Kier molecular flexibility index (Phi) is 8.18. The van der Waals surface area contributed by atoms with E-state index in [9.17, 15) is 14.4 Å². The van der Waals surface area contributed by atoms with E-state index in [1.54, 1.807) is 0 Å². The number of fused-ring (bicyclic) bond motifs is 1. The summed E-state index contributed by atoms with van der Waals surface area (Å²) in [6, 6.07) is 7.88. The van der Waals surface area contributed by atoms with Gasteiger partial charge in [0.2, 0.25) is 5.91 Å². The first-order valence-electron chi connectivity index (χ1n) is 14.9. The van der Waals surface area contributed by atoms with Crippen molar-refractivity contribution in [2.75, 3.05) is 52.5 Å². The van der Waals surface area contributed by atoms with Gasteiger partial charge in [-0.2, -0.15) is 0 Å². The van der Waals surface area contributed by atoms with Crippen LogP contribution in [0.15, 0.2) is 41.5 Å². The van der Waals surface area contributed by atoms with E-state index < -0.39 is 6.09 Å². The number of para-hydroxylation sites is 1. The summed E-state index contributed by atoms with van der Waals surface area (Å²) in [5, 5.41) is 5.73. The molecule has 1 saturated carbocycles. The summed E-state index contributed by atoms with van der Waals surface area (Å²) in [5.41, 5.74) is 3.76. The zero-order valence-electron chi connectivity index (χ0n) is 23.6. The maximum atomic E-state index is 13.1. The summed E-state index contributed by atoms with van der Waals surface area (Å²) in [6.07, 6.45) is 11.1. The van der Waals surface area contributed by atoms with Crippen LogP contribution in [-0.2, 0) is 14.3 Å². The highest BCUT2D eigenvalue weighted by Gasteiger charge is 2.52. The number of benzene rings is 1. The first-order valence-corrected chi connectivity index (χ1v) is 14.9. The molecule has 2 atom stereocenters. The second kappa shape index (κ2) is 12.1. The molecule has 220 valence electrons. The average molecular weight is 565 g/mol. The van der Waals surface area contributed by atoms with E-state index in [0.29, 0.717) is 32.8 Å². The van der Waals surface area contributed by atoms with Crippen LogP contribution in [0.4, 0.5) is 9.59 Å². The summed E-state index contributed by atoms with van der Waals surface area (Å²) in [4.78, 5) is 40.6. The lowest BCUT2D eigenvalue weighted by atomic mass is 9.60. The molecule has 3 saturated heterocycles. The first kappa shape index (κ1) is 27.6. The molecule has 3 heterocycles. The Morgan fingerprint density at radius 1 is 1.17 bits per heavy atom. The van der Waals surface area contributed by atoms with Gasteiger partial charge < -0.3 is 34.6 Å². The van der Waals surface area contributed by atoms with Crippen molar-refractivity contribution >= 4 is 24.1 Å². The van der Waals surface area contributed by atoms with E-state index in [4.69, 9.17) is 14.2 Å². The SMILES string of the molecule is O=C1CO[C@H]2CCN(C(=O)N3CC4(CC(=Cc5ccccc5OCCNC(=O)OCC5=CCCCC5)C4)C3)C[C@H]2N1. The molecular formula is C31H40N4O6. The summed E-state index contributed by atoms with van der Waals surface area (Å²) >= 11 is 0. The smallest absolute Gasteiger partial charge is 0.407 e. The van der Waals surface area contributed by atoms with Gasteiger partial charge in [-0.25, -0.2) is 9.59 Å². The van der Waals surface area contributed by atoms with E-state index in [1.165, 1.54) is 17.6 Å². The fourth-order valence-electron chi connectivity index (χ4n) is 6.72. The molecule has 4 fully saturated rings. The lowest BCUT2D eigenvalue weighted by Gasteiger charge is -2.58. The van der Waals surface area contributed by atoms with Gasteiger partial charge in [-0.3, -0.25) is 4.79 Å². The Labute approximate surface area is 241 Å². The number of piperidine rings is 1. The molecule has 3 aliphatic heterocycles. The van der Waals surface area contributed by atoms with Gasteiger partial charge in [-0.15, -0.1) is 0 Å². The zero-order chi connectivity index (χ0) is 28.2. The molecule has 2 aliphatic carbocycles. The van der Waals surface area contributed by atoms with Gasteiger partial charge in [0.25, 0.3) is 0 Å². The van der Waals surface area contributed by atoms with Crippen LogP contribution in [0.1, 0.15) is 50.5 Å². The minimum atomic E-state index is -0.414. The molecular weight excluding hydrogens is 524 g/mol. The summed E-state index contributed by atoms with van der Waals surface area (Å²) < 4.78 is 16.9. The molecule has 1 spiro atoms. The van der Waals surface area contributed by atoms with Gasteiger partial charge in [0.05, 0.1) is 18.7 Å². The van der Waals surface area contributed by atoms with Crippen molar-refractivity contribution in [2.45, 2.75) is 57.1 Å². The van der Waals surface area contributed by atoms with Crippen molar-refractivity contribution in [1.82, 2.24) is 20.4 Å². The maximum absolute atomic E-state index is 13.1. The predicted octanol–water partition coefficient (Wildman–Crippen LogP) is 3.48. The maximum Gasteiger partial charge on any atom is 0.407 e. The number of urea groups is 1. The van der Waals surface area contributed by atoms with E-state index in [1.807, 2.05) is 34.1 Å². The molecule has 0 radical (unpaired) electrons. The monoisotopic (exact) mass is 564 g/mol. The van der Waals surface area contributed by atoms with Crippen LogP contribution in [-0.4, -0.2) is 92.5 Å². The molecule has 0 unspecified atom stereocenters. The molecule has 4 amide bonds. The van der Waals surface area contributed by atoms with Gasteiger partial charge in [0.15, 0.2) is 0 Å². The number of nitrogens with zero attached hydrogens (tertiary/aromatic N) is 2. The van der Waals surface area contributed by atoms with Crippen LogP contribution >= 0.6 is 0 Å². The Balaban J connectivity index is 0.920. The van der Waals surface area contributed by atoms with Crippen molar-refractivity contribution in [3.8, 4) is 5.75 Å². The number of likely N-dealkylation sites (tertiary alicyclic amines) is 2. The largest absolute Gasteiger partial charge is 0.491 e. The molecule has 1 aromatic carbocycles. The second-order valence-electron chi connectivity index (χ2n) is 12.1. The third-order valence-electron chi connectivity index (χ3n) is 8.80. The van der Waals surface area contributed by atoms with Crippen LogP contribution < -0.4 is 15.4 Å². The summed E-state index contributed by atoms with van der Waals surface area (Å²) in [7, 11) is 0. The van der Waals surface area contributed by atoms with Crippen LogP contribution in [0.2, 0.25) is 0 Å². The number of ether oxygens (including phenoxy) is 3. The molecule has 10 nitrogen and oxygen atoms in total. The Morgan fingerprint density at radius 2 is 2.02 bits per heavy atom. The molecule has 5 aliphatic rings. The van der Waals surface area contributed by atoms with Crippen LogP contribution in [0.25, 0.3) is 6.08 Å². The number of morpholine rings is 1. The zero-order valence-corrected chi connectivity index (χ0v) is 23.6. The molecule has 41 heavy (non-hydrogen) atoms. The average Bonchev–Trinajstić information content (AvgIpc) is 2.95. The van der Waals surface area contributed by atoms with Crippen molar-refractivity contribution in [2.24, 2.45) is 5.41 Å². The topological polar surface area (TPSA) is 109 Å². The fraction of sp³-hybridized carbons (Fsp3) is 0.581. The lowest BCUT2D eigenvalue weighted by molar-refractivity contribution is -0.140. The second-order valence-corrected chi connectivity index (χ2v) is 12.1. The first-order chi connectivity index (χ1) is 20.0. The highest BCUT2D eigenvalue weighted by molar-refractivity contribution is 5.79. The number of carbonyl (C=O) groups excluding carboxylic acids is 3. The predicted molar refractivity (Wildman–Crippen MR) is 152 cm³/mol. The van der Waals surface area contributed by atoms with E-state index in [0.717, 1.165) is 62.9 Å². The standard InChI is InChI=1S/C31H40N4O6/c36-28-19-40-27-10-12-34(17-25(27)33-28)30(38)35-20-31(21-35)15-23(16-31)14-24-8-4-5-9-26(24)39-13-11-32-29(37)41-18-22-6-2-1-3-7-22/h4-6,8-9,14,25,27H,1-3,7,10-13,15-21H2,(H,32,37)(H,33,36)/t25-,27+/m1/s1. The van der Waals surface area contributed by atoms with Crippen LogP contribution in [0.3, 0.4) is 0 Å². The molecule has 6 rings (SSSR count). The Morgan fingerprint density at radius 3 is 2.85 bits per heavy atom. The minimum absolute atomic E-state index is 0.00691. The molecule has 0 bridgehead atoms. The summed E-state index contributed by atoms with van der Waals surface area (Å²) in [5.74, 6) is 0.681. The number of allylic oxidation sites excluding steroid dienone is 2. The number of carbonyl (C=O) groups is 3. The number of hydrogen-bond donors (Lipinski definition) is 2. The number of rotatable bonds is 7. The minimum Gasteiger partial charge on any atom is -0.491 e. The number of amides is 4. The van der Waals surface area contributed by atoms with E-state index >= 15 is 0 Å². The van der Waals surface area contributed by atoms with Crippen molar-refractivity contribution in [3.63, 3.8) is 0 Å². The lowest BCUT2D eigenvalue weighted by Crippen LogP contribution is -2.67. The highest BCUT2D eigenvalue weighted by atomic mass is 16.5. The normalized spacial score (nSPS) is 24.7. The quantitative estimate of drug-likeness (QED) is 0.388. The van der Waals surface area contributed by atoms with Gasteiger partial charge >= 0.3 is 12.1 Å². The molecule has 1 aromatic rings. The van der Waals surface area contributed by atoms with E-state index in [-0.39, 0.29) is 36.1 Å². The van der Waals surface area contributed by atoms with E-state index in [2.05, 4.69) is 22.8 Å².